The van der Waals surface area contributed by atoms with E-state index in [9.17, 15) is 4.79 Å². The zero-order valence-electron chi connectivity index (χ0n) is 9.86. The summed E-state index contributed by atoms with van der Waals surface area (Å²) in [7, 11) is 3.19. The second-order valence-corrected chi connectivity index (χ2v) is 4.20. The molecule has 1 aromatic carbocycles. The van der Waals surface area contributed by atoms with Gasteiger partial charge >= 0.3 is 0 Å². The van der Waals surface area contributed by atoms with Crippen LogP contribution < -0.4 is 9.47 Å². The Balaban J connectivity index is 2.79. The minimum atomic E-state index is 0.531. The molecule has 1 rings (SSSR count). The smallest absolute Gasteiger partial charge is 0.175 e. The summed E-state index contributed by atoms with van der Waals surface area (Å²) in [5, 5.41) is 0. The standard InChI is InChI=1S/C12H15BrO4/c1-15-4-3-5-17-12-10(13)6-9(8-14)7-11(12)16-2/h6-8H,3-5H2,1-2H3. The summed E-state index contributed by atoms with van der Waals surface area (Å²) in [5.41, 5.74) is 0.540. The van der Waals surface area contributed by atoms with Crippen molar-refractivity contribution >= 4 is 22.2 Å². The average molecular weight is 303 g/mol. The molecular weight excluding hydrogens is 288 g/mol. The molecule has 0 spiro atoms. The lowest BCUT2D eigenvalue weighted by Gasteiger charge is -2.12. The first kappa shape index (κ1) is 14.0. The number of hydrogen-bond acceptors (Lipinski definition) is 4. The SMILES string of the molecule is COCCCOc1c(Br)cc(C=O)cc1OC. The van der Waals surface area contributed by atoms with Gasteiger partial charge in [-0.05, 0) is 28.1 Å². The fourth-order valence-corrected chi connectivity index (χ4v) is 1.90. The Bertz CT molecular complexity index is 379. The van der Waals surface area contributed by atoms with Gasteiger partial charge in [-0.1, -0.05) is 0 Å². The van der Waals surface area contributed by atoms with Crippen LogP contribution in [0.5, 0.6) is 11.5 Å². The maximum Gasteiger partial charge on any atom is 0.175 e. The van der Waals surface area contributed by atoms with Crippen molar-refractivity contribution in [3.05, 3.63) is 22.2 Å². The molecule has 0 aliphatic rings. The van der Waals surface area contributed by atoms with Crippen molar-refractivity contribution < 1.29 is 19.0 Å². The highest BCUT2D eigenvalue weighted by molar-refractivity contribution is 9.10. The third-order valence-electron chi connectivity index (χ3n) is 2.13. The largest absolute Gasteiger partial charge is 0.493 e. The van der Waals surface area contributed by atoms with Gasteiger partial charge in [0.25, 0.3) is 0 Å². The average Bonchev–Trinajstić information content (AvgIpc) is 2.35. The molecule has 5 heteroatoms. The lowest BCUT2D eigenvalue weighted by atomic mass is 10.2. The quantitative estimate of drug-likeness (QED) is 0.574. The zero-order valence-corrected chi connectivity index (χ0v) is 11.5. The molecule has 1 aromatic rings. The van der Waals surface area contributed by atoms with Crippen LogP contribution in [0.3, 0.4) is 0 Å². The normalized spacial score (nSPS) is 10.1. The van der Waals surface area contributed by atoms with Crippen LogP contribution in [0.2, 0.25) is 0 Å². The zero-order chi connectivity index (χ0) is 12.7. The number of aldehydes is 1. The predicted octanol–water partition coefficient (Wildman–Crippen LogP) is 2.69. The van der Waals surface area contributed by atoms with Gasteiger partial charge in [-0.25, -0.2) is 0 Å². The molecule has 0 saturated carbocycles. The summed E-state index contributed by atoms with van der Waals surface area (Å²) in [5.74, 6) is 1.15. The fraction of sp³-hybridized carbons (Fsp3) is 0.417. The van der Waals surface area contributed by atoms with Gasteiger partial charge in [-0.3, -0.25) is 4.79 Å². The molecular formula is C12H15BrO4. The molecule has 4 nitrogen and oxygen atoms in total. The molecule has 0 atom stereocenters. The summed E-state index contributed by atoms with van der Waals surface area (Å²) >= 11 is 3.35. The number of methoxy groups -OCH3 is 2. The number of hydrogen-bond donors (Lipinski definition) is 0. The van der Waals surface area contributed by atoms with Crippen molar-refractivity contribution in [2.75, 3.05) is 27.4 Å². The van der Waals surface area contributed by atoms with E-state index in [0.29, 0.717) is 34.7 Å². The molecule has 0 heterocycles. The Hall–Kier alpha value is -1.07. The third-order valence-corrected chi connectivity index (χ3v) is 2.72. The second kappa shape index (κ2) is 7.29. The predicted molar refractivity (Wildman–Crippen MR) is 68.1 cm³/mol. The van der Waals surface area contributed by atoms with Gasteiger partial charge in [0.2, 0.25) is 0 Å². The number of halogens is 1. The number of carbonyl (C=O) groups is 1. The van der Waals surface area contributed by atoms with Crippen molar-refractivity contribution in [2.45, 2.75) is 6.42 Å². The van der Waals surface area contributed by atoms with Gasteiger partial charge in [0.15, 0.2) is 11.5 Å². The minimum Gasteiger partial charge on any atom is -0.493 e. The molecule has 0 aromatic heterocycles. The van der Waals surface area contributed by atoms with Crippen molar-refractivity contribution in [1.82, 2.24) is 0 Å². The van der Waals surface area contributed by atoms with Crippen LogP contribution in [0.25, 0.3) is 0 Å². The van der Waals surface area contributed by atoms with Crippen molar-refractivity contribution in [2.24, 2.45) is 0 Å². The van der Waals surface area contributed by atoms with Gasteiger partial charge in [0.05, 0.1) is 18.2 Å². The number of benzene rings is 1. The lowest BCUT2D eigenvalue weighted by molar-refractivity contribution is 0.112. The van der Waals surface area contributed by atoms with Gasteiger partial charge in [0, 0.05) is 25.7 Å². The van der Waals surface area contributed by atoms with Gasteiger partial charge in [-0.2, -0.15) is 0 Å². The first-order valence-electron chi connectivity index (χ1n) is 5.17. The van der Waals surface area contributed by atoms with E-state index in [1.54, 1.807) is 26.4 Å². The first-order chi connectivity index (χ1) is 8.22. The lowest BCUT2D eigenvalue weighted by Crippen LogP contribution is -2.03. The van der Waals surface area contributed by atoms with Crippen LogP contribution in [0.1, 0.15) is 16.8 Å². The van der Waals surface area contributed by atoms with E-state index in [0.717, 1.165) is 12.7 Å². The van der Waals surface area contributed by atoms with Crippen molar-refractivity contribution in [1.29, 1.82) is 0 Å². The molecule has 0 bridgehead atoms. The summed E-state index contributed by atoms with van der Waals surface area (Å²) in [6.45, 7) is 1.18. The second-order valence-electron chi connectivity index (χ2n) is 3.35. The molecule has 0 unspecified atom stereocenters. The minimum absolute atomic E-state index is 0.531. The van der Waals surface area contributed by atoms with Gasteiger partial charge in [0.1, 0.15) is 6.29 Å². The molecule has 0 amide bonds. The molecule has 0 fully saturated rings. The Morgan fingerprint density at radius 1 is 1.29 bits per heavy atom. The molecule has 94 valence electrons. The van der Waals surface area contributed by atoms with E-state index < -0.39 is 0 Å². The van der Waals surface area contributed by atoms with Crippen LogP contribution in [0.15, 0.2) is 16.6 Å². The van der Waals surface area contributed by atoms with Gasteiger partial charge in [-0.15, -0.1) is 0 Å². The van der Waals surface area contributed by atoms with Crippen LogP contribution in [-0.2, 0) is 4.74 Å². The molecule has 0 radical (unpaired) electrons. The maximum atomic E-state index is 10.7. The maximum absolute atomic E-state index is 10.7. The Morgan fingerprint density at radius 2 is 2.06 bits per heavy atom. The van der Waals surface area contributed by atoms with Crippen LogP contribution in [0.4, 0.5) is 0 Å². The van der Waals surface area contributed by atoms with Crippen LogP contribution in [0, 0.1) is 0 Å². The van der Waals surface area contributed by atoms with E-state index in [2.05, 4.69) is 15.9 Å². The summed E-state index contributed by atoms with van der Waals surface area (Å²) in [6, 6.07) is 3.34. The topological polar surface area (TPSA) is 44.8 Å². The number of ether oxygens (including phenoxy) is 3. The third kappa shape index (κ3) is 4.02. The molecule has 0 saturated heterocycles. The monoisotopic (exact) mass is 302 g/mol. The Morgan fingerprint density at radius 3 is 2.65 bits per heavy atom. The van der Waals surface area contributed by atoms with E-state index in [-0.39, 0.29) is 0 Å². The fourth-order valence-electron chi connectivity index (χ4n) is 1.33. The molecule has 0 aliphatic carbocycles. The Kier molecular flexibility index (Phi) is 6.00. The van der Waals surface area contributed by atoms with Crippen molar-refractivity contribution in [3.63, 3.8) is 0 Å². The van der Waals surface area contributed by atoms with Crippen LogP contribution >= 0.6 is 15.9 Å². The first-order valence-corrected chi connectivity index (χ1v) is 5.96. The van der Waals surface area contributed by atoms with E-state index >= 15 is 0 Å². The van der Waals surface area contributed by atoms with Crippen molar-refractivity contribution in [3.8, 4) is 11.5 Å². The molecule has 0 aliphatic heterocycles. The Labute approximate surface area is 109 Å². The highest BCUT2D eigenvalue weighted by atomic mass is 79.9. The van der Waals surface area contributed by atoms with E-state index in [1.807, 2.05) is 0 Å². The summed E-state index contributed by atoms with van der Waals surface area (Å²) < 4.78 is 16.4. The number of carbonyl (C=O) groups excluding carboxylic acids is 1. The number of rotatable bonds is 7. The van der Waals surface area contributed by atoms with Crippen LogP contribution in [-0.4, -0.2) is 33.7 Å². The van der Waals surface area contributed by atoms with E-state index in [1.165, 1.54) is 0 Å². The summed E-state index contributed by atoms with van der Waals surface area (Å²) in [4.78, 5) is 10.7. The molecule has 17 heavy (non-hydrogen) atoms. The highest BCUT2D eigenvalue weighted by Crippen LogP contribution is 2.36. The van der Waals surface area contributed by atoms with Gasteiger partial charge < -0.3 is 14.2 Å². The highest BCUT2D eigenvalue weighted by Gasteiger charge is 2.11. The summed E-state index contributed by atoms with van der Waals surface area (Å²) in [6.07, 6.45) is 1.56. The van der Waals surface area contributed by atoms with E-state index in [4.69, 9.17) is 14.2 Å². The molecule has 0 N–H and O–H groups in total.